The molecule has 0 unspecified atom stereocenters. The number of amides is 3. The largest absolute Gasteiger partial charge is 0.465 e. The molecule has 2 atom stereocenters. The molecule has 6 nitrogen and oxygen atoms in total. The van der Waals surface area contributed by atoms with Gasteiger partial charge in [-0.1, -0.05) is 24.3 Å². The van der Waals surface area contributed by atoms with Crippen LogP contribution in [0.3, 0.4) is 0 Å². The molecule has 0 bridgehead atoms. The van der Waals surface area contributed by atoms with Gasteiger partial charge in [0, 0.05) is 31.5 Å². The van der Waals surface area contributed by atoms with E-state index in [1.165, 1.54) is 21.9 Å². The molecule has 1 saturated heterocycles. The topological polar surface area (TPSA) is 77.9 Å². The maximum absolute atomic E-state index is 13.3. The Balaban J connectivity index is 1.61. The second-order valence-corrected chi connectivity index (χ2v) is 6.87. The first kappa shape index (κ1) is 17.2. The zero-order chi connectivity index (χ0) is 19.1. The molecule has 2 aliphatic heterocycles. The lowest BCUT2D eigenvalue weighted by Gasteiger charge is -2.23. The summed E-state index contributed by atoms with van der Waals surface area (Å²) in [6, 6.07) is 12.6. The standard InChI is InChI=1S/C20H17FN2O4/c21-14-7-5-12(6-8-14)17-11-22(20(26)27)9-13(17)10-23-18(24)15-3-1-2-4-16(15)19(23)25/h1-8,13,17H,9-11H2,(H,26,27)/t13-,17-/m1/s1. The smallest absolute Gasteiger partial charge is 0.407 e. The molecule has 0 aliphatic carbocycles. The molecule has 138 valence electrons. The summed E-state index contributed by atoms with van der Waals surface area (Å²) in [7, 11) is 0. The molecular formula is C20H17FN2O4. The van der Waals surface area contributed by atoms with Gasteiger partial charge >= 0.3 is 6.09 Å². The first-order chi connectivity index (χ1) is 13.0. The van der Waals surface area contributed by atoms with E-state index < -0.39 is 6.09 Å². The number of likely N-dealkylation sites (tertiary alicyclic amines) is 1. The van der Waals surface area contributed by atoms with Crippen LogP contribution in [0.5, 0.6) is 0 Å². The summed E-state index contributed by atoms with van der Waals surface area (Å²) in [5.41, 5.74) is 1.53. The van der Waals surface area contributed by atoms with E-state index >= 15 is 0 Å². The molecule has 2 aromatic carbocycles. The minimum Gasteiger partial charge on any atom is -0.465 e. The van der Waals surface area contributed by atoms with Crippen molar-refractivity contribution < 1.29 is 23.9 Å². The average molecular weight is 368 g/mol. The van der Waals surface area contributed by atoms with Gasteiger partial charge in [-0.3, -0.25) is 14.5 Å². The fraction of sp³-hybridized carbons (Fsp3) is 0.250. The van der Waals surface area contributed by atoms with E-state index in [2.05, 4.69) is 0 Å². The van der Waals surface area contributed by atoms with E-state index in [9.17, 15) is 23.9 Å². The van der Waals surface area contributed by atoms with Gasteiger partial charge in [-0.15, -0.1) is 0 Å². The van der Waals surface area contributed by atoms with Crippen molar-refractivity contribution in [3.63, 3.8) is 0 Å². The molecule has 0 spiro atoms. The fourth-order valence-electron chi connectivity index (χ4n) is 3.94. The van der Waals surface area contributed by atoms with Gasteiger partial charge in [-0.25, -0.2) is 9.18 Å². The number of nitrogens with zero attached hydrogens (tertiary/aromatic N) is 2. The number of hydrogen-bond acceptors (Lipinski definition) is 3. The highest BCUT2D eigenvalue weighted by Crippen LogP contribution is 2.35. The zero-order valence-electron chi connectivity index (χ0n) is 14.3. The van der Waals surface area contributed by atoms with Gasteiger partial charge in [0.2, 0.25) is 0 Å². The third-order valence-electron chi connectivity index (χ3n) is 5.30. The number of rotatable bonds is 3. The molecule has 27 heavy (non-hydrogen) atoms. The van der Waals surface area contributed by atoms with Gasteiger partial charge in [0.1, 0.15) is 5.82 Å². The van der Waals surface area contributed by atoms with Crippen LogP contribution in [0.1, 0.15) is 32.2 Å². The Morgan fingerprint density at radius 2 is 1.59 bits per heavy atom. The molecule has 2 aliphatic rings. The van der Waals surface area contributed by atoms with Crippen LogP contribution in [0.4, 0.5) is 9.18 Å². The summed E-state index contributed by atoms with van der Waals surface area (Å²) < 4.78 is 13.3. The molecule has 2 heterocycles. The Morgan fingerprint density at radius 3 is 2.15 bits per heavy atom. The molecule has 1 fully saturated rings. The molecule has 2 aromatic rings. The lowest BCUT2D eigenvalue weighted by molar-refractivity contribution is 0.0627. The highest BCUT2D eigenvalue weighted by Gasteiger charge is 2.42. The normalized spacial score (nSPS) is 21.7. The van der Waals surface area contributed by atoms with Gasteiger partial charge in [-0.2, -0.15) is 0 Å². The molecule has 0 saturated carbocycles. The molecule has 0 radical (unpaired) electrons. The minimum absolute atomic E-state index is 0.123. The first-order valence-corrected chi connectivity index (χ1v) is 8.64. The van der Waals surface area contributed by atoms with Crippen LogP contribution >= 0.6 is 0 Å². The Bertz CT molecular complexity index is 893. The number of fused-ring (bicyclic) bond motifs is 1. The first-order valence-electron chi connectivity index (χ1n) is 8.64. The monoisotopic (exact) mass is 368 g/mol. The van der Waals surface area contributed by atoms with Gasteiger partial charge in [0.15, 0.2) is 0 Å². The van der Waals surface area contributed by atoms with Crippen molar-refractivity contribution in [2.75, 3.05) is 19.6 Å². The van der Waals surface area contributed by atoms with E-state index in [4.69, 9.17) is 0 Å². The molecular weight excluding hydrogens is 351 g/mol. The maximum atomic E-state index is 13.3. The van der Waals surface area contributed by atoms with Gasteiger partial charge in [0.05, 0.1) is 11.1 Å². The van der Waals surface area contributed by atoms with Crippen molar-refractivity contribution in [3.05, 3.63) is 71.0 Å². The Kier molecular flexibility index (Phi) is 4.14. The van der Waals surface area contributed by atoms with Crippen LogP contribution in [-0.2, 0) is 0 Å². The fourth-order valence-corrected chi connectivity index (χ4v) is 3.94. The third kappa shape index (κ3) is 2.95. The highest BCUT2D eigenvalue weighted by molar-refractivity contribution is 6.21. The van der Waals surface area contributed by atoms with Crippen molar-refractivity contribution in [2.24, 2.45) is 5.92 Å². The van der Waals surface area contributed by atoms with Crippen LogP contribution in [0, 0.1) is 11.7 Å². The average Bonchev–Trinajstić information content (AvgIpc) is 3.19. The van der Waals surface area contributed by atoms with Crippen LogP contribution < -0.4 is 0 Å². The quantitative estimate of drug-likeness (QED) is 0.845. The summed E-state index contributed by atoms with van der Waals surface area (Å²) in [6.45, 7) is 0.581. The number of halogens is 1. The summed E-state index contributed by atoms with van der Waals surface area (Å²) in [4.78, 5) is 39.2. The molecule has 3 amide bonds. The predicted molar refractivity (Wildman–Crippen MR) is 94.0 cm³/mol. The van der Waals surface area contributed by atoms with Crippen LogP contribution in [0.2, 0.25) is 0 Å². The number of carboxylic acid groups (broad SMARTS) is 1. The van der Waals surface area contributed by atoms with Crippen molar-refractivity contribution in [1.29, 1.82) is 0 Å². The van der Waals surface area contributed by atoms with E-state index in [1.54, 1.807) is 36.4 Å². The van der Waals surface area contributed by atoms with Crippen LogP contribution in [0.25, 0.3) is 0 Å². The Morgan fingerprint density at radius 1 is 1.00 bits per heavy atom. The number of imide groups is 1. The summed E-state index contributed by atoms with van der Waals surface area (Å²) in [5, 5.41) is 9.37. The Labute approximate surface area is 154 Å². The Hall–Kier alpha value is -3.22. The van der Waals surface area contributed by atoms with Crippen molar-refractivity contribution in [3.8, 4) is 0 Å². The zero-order valence-corrected chi connectivity index (χ0v) is 14.3. The maximum Gasteiger partial charge on any atom is 0.407 e. The molecule has 4 rings (SSSR count). The lowest BCUT2D eigenvalue weighted by atomic mass is 9.88. The second-order valence-electron chi connectivity index (χ2n) is 6.87. The van der Waals surface area contributed by atoms with Gasteiger partial charge < -0.3 is 10.0 Å². The van der Waals surface area contributed by atoms with Gasteiger partial charge in [0.25, 0.3) is 11.8 Å². The molecule has 1 N–H and O–H groups in total. The van der Waals surface area contributed by atoms with Crippen LogP contribution in [0.15, 0.2) is 48.5 Å². The van der Waals surface area contributed by atoms with E-state index in [0.29, 0.717) is 11.1 Å². The number of benzene rings is 2. The number of hydrogen-bond donors (Lipinski definition) is 1. The summed E-state index contributed by atoms with van der Waals surface area (Å²) in [5.74, 6) is -1.56. The molecule has 7 heteroatoms. The highest BCUT2D eigenvalue weighted by atomic mass is 19.1. The summed E-state index contributed by atoms with van der Waals surface area (Å²) >= 11 is 0. The second kappa shape index (κ2) is 6.50. The number of carbonyl (C=O) groups is 3. The van der Waals surface area contributed by atoms with Crippen molar-refractivity contribution in [2.45, 2.75) is 5.92 Å². The van der Waals surface area contributed by atoms with Crippen LogP contribution in [-0.4, -0.2) is 52.4 Å². The van der Waals surface area contributed by atoms with Crippen molar-refractivity contribution >= 4 is 17.9 Å². The van der Waals surface area contributed by atoms with Gasteiger partial charge in [-0.05, 0) is 29.8 Å². The van der Waals surface area contributed by atoms with Crippen molar-refractivity contribution in [1.82, 2.24) is 9.80 Å². The third-order valence-corrected chi connectivity index (χ3v) is 5.30. The minimum atomic E-state index is -1.05. The lowest BCUT2D eigenvalue weighted by Crippen LogP contribution is -2.37. The molecule has 0 aromatic heterocycles. The summed E-state index contributed by atoms with van der Waals surface area (Å²) in [6.07, 6.45) is -1.05. The number of carbonyl (C=O) groups excluding carboxylic acids is 2. The van der Waals surface area contributed by atoms with E-state index in [0.717, 1.165) is 5.56 Å². The van der Waals surface area contributed by atoms with E-state index in [-0.39, 0.29) is 49.1 Å². The SMILES string of the molecule is O=C(O)N1C[C@H](CN2C(=O)c3ccccc3C2=O)[C@@H](c2ccc(F)cc2)C1. The van der Waals surface area contributed by atoms with E-state index in [1.807, 2.05) is 0 Å². The predicted octanol–water partition coefficient (Wildman–Crippen LogP) is 2.82.